The molecule has 3 aromatic rings. The lowest BCUT2D eigenvalue weighted by Gasteiger charge is -2.06. The molecule has 4 heteroatoms. The van der Waals surface area contributed by atoms with Gasteiger partial charge in [-0.2, -0.15) is 0 Å². The van der Waals surface area contributed by atoms with Crippen molar-refractivity contribution < 1.29 is 9.18 Å². The summed E-state index contributed by atoms with van der Waals surface area (Å²) < 4.78 is 13.5. The summed E-state index contributed by atoms with van der Waals surface area (Å²) >= 11 is 3.10. The SMILES string of the molecule is O=C(c1ccc(F)c(Br)c1)c1cccc2ccncc12. The Morgan fingerprint density at radius 1 is 1.15 bits per heavy atom. The summed E-state index contributed by atoms with van der Waals surface area (Å²) in [6.45, 7) is 0. The second-order valence-electron chi connectivity index (χ2n) is 4.36. The third-order valence-electron chi connectivity index (χ3n) is 3.11. The van der Waals surface area contributed by atoms with Crippen LogP contribution < -0.4 is 0 Å². The van der Waals surface area contributed by atoms with Crippen molar-refractivity contribution in [2.45, 2.75) is 0 Å². The normalized spacial score (nSPS) is 10.7. The van der Waals surface area contributed by atoms with E-state index in [1.165, 1.54) is 18.2 Å². The van der Waals surface area contributed by atoms with Crippen molar-refractivity contribution in [3.05, 3.63) is 76.3 Å². The Balaban J connectivity index is 2.15. The summed E-state index contributed by atoms with van der Waals surface area (Å²) in [6.07, 6.45) is 3.35. The Bertz CT molecular complexity index is 811. The lowest BCUT2D eigenvalue weighted by molar-refractivity contribution is 0.104. The lowest BCUT2D eigenvalue weighted by Crippen LogP contribution is -2.02. The summed E-state index contributed by atoms with van der Waals surface area (Å²) in [5, 5.41) is 1.74. The fourth-order valence-electron chi connectivity index (χ4n) is 2.10. The number of hydrogen-bond acceptors (Lipinski definition) is 2. The van der Waals surface area contributed by atoms with E-state index < -0.39 is 0 Å². The molecule has 0 aliphatic heterocycles. The minimum Gasteiger partial charge on any atom is -0.289 e. The molecule has 0 fully saturated rings. The Morgan fingerprint density at radius 3 is 2.80 bits per heavy atom. The third kappa shape index (κ3) is 2.23. The van der Waals surface area contributed by atoms with Crippen molar-refractivity contribution in [2.24, 2.45) is 0 Å². The molecule has 0 atom stereocenters. The number of halogens is 2. The number of fused-ring (bicyclic) bond motifs is 1. The number of nitrogens with zero attached hydrogens (tertiary/aromatic N) is 1. The number of carbonyl (C=O) groups excluding carboxylic acids is 1. The van der Waals surface area contributed by atoms with E-state index in [2.05, 4.69) is 20.9 Å². The third-order valence-corrected chi connectivity index (χ3v) is 3.72. The summed E-state index contributed by atoms with van der Waals surface area (Å²) in [7, 11) is 0. The van der Waals surface area contributed by atoms with Gasteiger partial charge in [-0.3, -0.25) is 9.78 Å². The molecule has 0 unspecified atom stereocenters. The first kappa shape index (κ1) is 12.9. The van der Waals surface area contributed by atoms with Crippen molar-refractivity contribution in [3.8, 4) is 0 Å². The van der Waals surface area contributed by atoms with Gasteiger partial charge in [0.25, 0.3) is 0 Å². The van der Waals surface area contributed by atoms with Crippen LogP contribution in [0.5, 0.6) is 0 Å². The number of aromatic nitrogens is 1. The molecule has 98 valence electrons. The van der Waals surface area contributed by atoms with E-state index in [1.54, 1.807) is 18.5 Å². The van der Waals surface area contributed by atoms with Crippen molar-refractivity contribution in [2.75, 3.05) is 0 Å². The molecule has 1 aromatic heterocycles. The van der Waals surface area contributed by atoms with E-state index in [0.717, 1.165) is 10.8 Å². The van der Waals surface area contributed by atoms with Gasteiger partial charge in [0.15, 0.2) is 5.78 Å². The zero-order valence-corrected chi connectivity index (χ0v) is 11.9. The fourth-order valence-corrected chi connectivity index (χ4v) is 2.48. The van der Waals surface area contributed by atoms with Crippen molar-refractivity contribution in [1.82, 2.24) is 4.98 Å². The van der Waals surface area contributed by atoms with Crippen LogP contribution in [0.3, 0.4) is 0 Å². The van der Waals surface area contributed by atoms with Gasteiger partial charge in [0.2, 0.25) is 0 Å². The van der Waals surface area contributed by atoms with Crippen LogP contribution in [0.2, 0.25) is 0 Å². The predicted molar refractivity (Wildman–Crippen MR) is 79.3 cm³/mol. The molecule has 0 spiro atoms. The quantitative estimate of drug-likeness (QED) is 0.653. The van der Waals surface area contributed by atoms with Crippen LogP contribution in [0.25, 0.3) is 10.8 Å². The second-order valence-corrected chi connectivity index (χ2v) is 5.21. The van der Waals surface area contributed by atoms with Crippen LogP contribution in [0.1, 0.15) is 15.9 Å². The van der Waals surface area contributed by atoms with Crippen LogP contribution >= 0.6 is 15.9 Å². The molecule has 0 saturated heterocycles. The molecule has 3 rings (SSSR count). The molecule has 1 heterocycles. The minimum absolute atomic E-state index is 0.149. The maximum Gasteiger partial charge on any atom is 0.193 e. The van der Waals surface area contributed by atoms with Crippen molar-refractivity contribution >= 4 is 32.5 Å². The van der Waals surface area contributed by atoms with Gasteiger partial charge in [0, 0.05) is 28.9 Å². The average molecular weight is 330 g/mol. The van der Waals surface area contributed by atoms with Gasteiger partial charge in [-0.05, 0) is 45.6 Å². The molecule has 2 nitrogen and oxygen atoms in total. The number of pyridine rings is 1. The summed E-state index contributed by atoms with van der Waals surface area (Å²) in [5.74, 6) is -0.537. The summed E-state index contributed by atoms with van der Waals surface area (Å²) in [6, 6.07) is 11.6. The minimum atomic E-state index is -0.388. The van der Waals surface area contributed by atoms with Gasteiger partial charge < -0.3 is 0 Å². The molecule has 0 radical (unpaired) electrons. The number of benzene rings is 2. The highest BCUT2D eigenvalue weighted by atomic mass is 79.9. The van der Waals surface area contributed by atoms with Gasteiger partial charge in [0.1, 0.15) is 5.82 Å². The highest BCUT2D eigenvalue weighted by Gasteiger charge is 2.13. The van der Waals surface area contributed by atoms with Gasteiger partial charge in [-0.25, -0.2) is 4.39 Å². The standard InChI is InChI=1S/C16H9BrFNO/c17-14-8-11(4-5-15(14)18)16(20)12-3-1-2-10-6-7-19-9-13(10)12/h1-9H. The van der Waals surface area contributed by atoms with Gasteiger partial charge in [-0.1, -0.05) is 18.2 Å². The first-order valence-corrected chi connectivity index (χ1v) is 6.78. The van der Waals surface area contributed by atoms with E-state index >= 15 is 0 Å². The molecule has 0 aliphatic rings. The molecule has 0 aliphatic carbocycles. The Hall–Kier alpha value is -2.07. The molecule has 0 saturated carbocycles. The maximum atomic E-state index is 13.2. The number of carbonyl (C=O) groups is 1. The van der Waals surface area contributed by atoms with E-state index in [9.17, 15) is 9.18 Å². The van der Waals surface area contributed by atoms with Crippen LogP contribution in [-0.4, -0.2) is 10.8 Å². The molecule has 0 bridgehead atoms. The van der Waals surface area contributed by atoms with E-state index in [1.807, 2.05) is 18.2 Å². The summed E-state index contributed by atoms with van der Waals surface area (Å²) in [4.78, 5) is 16.6. The number of ketones is 1. The topological polar surface area (TPSA) is 30.0 Å². The lowest BCUT2D eigenvalue weighted by atomic mass is 9.98. The molecule has 20 heavy (non-hydrogen) atoms. The summed E-state index contributed by atoms with van der Waals surface area (Å²) in [5.41, 5.74) is 1.00. The fraction of sp³-hybridized carbons (Fsp3) is 0. The first-order chi connectivity index (χ1) is 9.66. The van der Waals surface area contributed by atoms with E-state index in [-0.39, 0.29) is 16.1 Å². The highest BCUT2D eigenvalue weighted by Crippen LogP contribution is 2.23. The van der Waals surface area contributed by atoms with Crippen molar-refractivity contribution in [3.63, 3.8) is 0 Å². The maximum absolute atomic E-state index is 13.2. The average Bonchev–Trinajstić information content (AvgIpc) is 2.49. The molecular formula is C16H9BrFNO. The Labute approximate surface area is 123 Å². The zero-order valence-electron chi connectivity index (χ0n) is 10.3. The van der Waals surface area contributed by atoms with Crippen LogP contribution in [0, 0.1) is 5.82 Å². The van der Waals surface area contributed by atoms with Crippen LogP contribution in [0.4, 0.5) is 4.39 Å². The number of hydrogen-bond donors (Lipinski definition) is 0. The smallest absolute Gasteiger partial charge is 0.193 e. The molecule has 2 aromatic carbocycles. The first-order valence-electron chi connectivity index (χ1n) is 5.99. The monoisotopic (exact) mass is 329 g/mol. The van der Waals surface area contributed by atoms with E-state index in [4.69, 9.17) is 0 Å². The Kier molecular flexibility index (Phi) is 3.32. The van der Waals surface area contributed by atoms with Crippen molar-refractivity contribution in [1.29, 1.82) is 0 Å². The molecular weight excluding hydrogens is 321 g/mol. The second kappa shape index (κ2) is 5.13. The van der Waals surface area contributed by atoms with Gasteiger partial charge in [-0.15, -0.1) is 0 Å². The van der Waals surface area contributed by atoms with Gasteiger partial charge in [0.05, 0.1) is 4.47 Å². The molecule has 0 N–H and O–H groups in total. The van der Waals surface area contributed by atoms with Crippen LogP contribution in [0.15, 0.2) is 59.3 Å². The Morgan fingerprint density at radius 2 is 2.00 bits per heavy atom. The van der Waals surface area contributed by atoms with E-state index in [0.29, 0.717) is 11.1 Å². The molecule has 0 amide bonds. The van der Waals surface area contributed by atoms with Gasteiger partial charge >= 0.3 is 0 Å². The predicted octanol–water partition coefficient (Wildman–Crippen LogP) is 4.37. The zero-order chi connectivity index (χ0) is 14.1. The highest BCUT2D eigenvalue weighted by molar-refractivity contribution is 9.10. The largest absolute Gasteiger partial charge is 0.289 e. The van der Waals surface area contributed by atoms with Crippen LogP contribution in [-0.2, 0) is 0 Å². The number of rotatable bonds is 2.